The Bertz CT molecular complexity index is 755. The minimum absolute atomic E-state index is 0.133. The number of sulfonamides is 1. The molecule has 8 heteroatoms. The Morgan fingerprint density at radius 1 is 1.08 bits per heavy atom. The van der Waals surface area contributed by atoms with Crippen molar-refractivity contribution < 1.29 is 18.0 Å². The van der Waals surface area contributed by atoms with Crippen molar-refractivity contribution in [1.82, 2.24) is 14.1 Å². The number of carbonyl (C=O) groups is 2. The number of piperazine rings is 1. The van der Waals surface area contributed by atoms with Crippen molar-refractivity contribution in [3.8, 4) is 0 Å². The second-order valence-electron chi connectivity index (χ2n) is 7.07. The van der Waals surface area contributed by atoms with Crippen LogP contribution in [0.1, 0.15) is 30.1 Å². The van der Waals surface area contributed by atoms with Gasteiger partial charge in [0.25, 0.3) is 5.91 Å². The van der Waals surface area contributed by atoms with E-state index in [1.807, 2.05) is 0 Å². The van der Waals surface area contributed by atoms with Gasteiger partial charge >= 0.3 is 0 Å². The molecule has 3 rings (SSSR count). The van der Waals surface area contributed by atoms with Gasteiger partial charge in [0.2, 0.25) is 16.4 Å². The molecule has 26 heavy (non-hydrogen) atoms. The molecule has 0 bridgehead atoms. The fourth-order valence-corrected chi connectivity index (χ4v) is 5.09. The van der Waals surface area contributed by atoms with E-state index in [2.05, 4.69) is 6.92 Å². The first-order valence-corrected chi connectivity index (χ1v) is 10.4. The van der Waals surface area contributed by atoms with Crippen molar-refractivity contribution in [2.45, 2.75) is 24.7 Å². The normalized spacial score (nSPS) is 22.3. The van der Waals surface area contributed by atoms with Crippen LogP contribution in [0.2, 0.25) is 0 Å². The molecule has 2 amide bonds. The van der Waals surface area contributed by atoms with Crippen LogP contribution < -0.4 is 0 Å². The van der Waals surface area contributed by atoms with Crippen molar-refractivity contribution in [2.75, 3.05) is 39.3 Å². The Labute approximate surface area is 154 Å². The summed E-state index contributed by atoms with van der Waals surface area (Å²) in [4.78, 5) is 26.9. The molecule has 0 N–H and O–H groups in total. The summed E-state index contributed by atoms with van der Waals surface area (Å²) in [6.45, 7) is 5.18. The van der Waals surface area contributed by atoms with E-state index < -0.39 is 10.0 Å². The maximum Gasteiger partial charge on any atom is 0.253 e. The molecule has 1 atom stereocenters. The van der Waals surface area contributed by atoms with E-state index in [0.29, 0.717) is 50.7 Å². The van der Waals surface area contributed by atoms with Crippen LogP contribution in [-0.4, -0.2) is 74.1 Å². The predicted molar refractivity (Wildman–Crippen MR) is 97.1 cm³/mol. The molecular weight excluding hydrogens is 354 g/mol. The molecule has 1 unspecified atom stereocenters. The average Bonchev–Trinajstić information content (AvgIpc) is 2.67. The topological polar surface area (TPSA) is 78.0 Å². The third-order valence-electron chi connectivity index (χ3n) is 5.11. The van der Waals surface area contributed by atoms with Crippen molar-refractivity contribution in [1.29, 1.82) is 0 Å². The molecular formula is C18H25N3O4S. The highest BCUT2D eigenvalue weighted by Crippen LogP contribution is 2.24. The largest absolute Gasteiger partial charge is 0.342 e. The van der Waals surface area contributed by atoms with E-state index in [-0.39, 0.29) is 10.8 Å². The summed E-state index contributed by atoms with van der Waals surface area (Å²) in [6, 6.07) is 6.19. The van der Waals surface area contributed by atoms with Gasteiger partial charge < -0.3 is 9.80 Å². The molecule has 2 aliphatic heterocycles. The molecule has 0 spiro atoms. The Balaban J connectivity index is 1.70. The molecule has 7 nitrogen and oxygen atoms in total. The van der Waals surface area contributed by atoms with Crippen LogP contribution >= 0.6 is 0 Å². The summed E-state index contributed by atoms with van der Waals surface area (Å²) in [5.74, 6) is 0.232. The lowest BCUT2D eigenvalue weighted by molar-refractivity contribution is -0.119. The molecule has 0 aromatic heterocycles. The van der Waals surface area contributed by atoms with Gasteiger partial charge in [0.1, 0.15) is 0 Å². The molecule has 2 heterocycles. The van der Waals surface area contributed by atoms with Gasteiger partial charge in [-0.05, 0) is 43.0 Å². The van der Waals surface area contributed by atoms with E-state index >= 15 is 0 Å². The van der Waals surface area contributed by atoms with Gasteiger partial charge in [0.05, 0.1) is 4.90 Å². The number of benzene rings is 1. The zero-order valence-corrected chi connectivity index (χ0v) is 15.8. The molecule has 1 aromatic rings. The number of hydrogen-bond acceptors (Lipinski definition) is 4. The summed E-state index contributed by atoms with van der Waals surface area (Å²) < 4.78 is 27.1. The quantitative estimate of drug-likeness (QED) is 0.732. The van der Waals surface area contributed by atoms with Crippen LogP contribution in [0, 0.1) is 5.92 Å². The van der Waals surface area contributed by atoms with Crippen molar-refractivity contribution in [3.05, 3.63) is 29.8 Å². The van der Waals surface area contributed by atoms with Crippen LogP contribution in [0.25, 0.3) is 0 Å². The van der Waals surface area contributed by atoms with Crippen molar-refractivity contribution in [3.63, 3.8) is 0 Å². The summed E-state index contributed by atoms with van der Waals surface area (Å²) >= 11 is 0. The standard InChI is InChI=1S/C18H25N3O4S/c1-15-3-2-8-21(13-15)26(24,25)17-6-4-16(5-7-17)18(23)20-11-9-19(14-22)10-12-20/h4-7,14-15H,2-3,8-13H2,1H3. The minimum atomic E-state index is -3.51. The third kappa shape index (κ3) is 3.91. The number of piperidine rings is 1. The highest BCUT2D eigenvalue weighted by Gasteiger charge is 2.29. The lowest BCUT2D eigenvalue weighted by Crippen LogP contribution is -2.48. The van der Waals surface area contributed by atoms with Gasteiger partial charge in [-0.15, -0.1) is 0 Å². The highest BCUT2D eigenvalue weighted by atomic mass is 32.2. The summed E-state index contributed by atoms with van der Waals surface area (Å²) in [6.07, 6.45) is 2.73. The average molecular weight is 379 g/mol. The maximum atomic E-state index is 12.8. The second kappa shape index (κ2) is 7.75. The molecule has 1 aromatic carbocycles. The van der Waals surface area contributed by atoms with Crippen molar-refractivity contribution >= 4 is 22.3 Å². The van der Waals surface area contributed by atoms with E-state index in [1.165, 1.54) is 16.4 Å². The Kier molecular flexibility index (Phi) is 5.62. The monoisotopic (exact) mass is 379 g/mol. The van der Waals surface area contributed by atoms with Gasteiger partial charge in [0.15, 0.2) is 0 Å². The minimum Gasteiger partial charge on any atom is -0.342 e. The lowest BCUT2D eigenvalue weighted by atomic mass is 10.0. The number of nitrogens with zero attached hydrogens (tertiary/aromatic N) is 3. The highest BCUT2D eigenvalue weighted by molar-refractivity contribution is 7.89. The molecule has 2 aliphatic rings. The van der Waals surface area contributed by atoms with Gasteiger partial charge in [-0.25, -0.2) is 8.42 Å². The Morgan fingerprint density at radius 3 is 2.31 bits per heavy atom. The van der Waals surface area contributed by atoms with Crippen LogP contribution in [0.5, 0.6) is 0 Å². The summed E-state index contributed by atoms with van der Waals surface area (Å²) in [5, 5.41) is 0. The van der Waals surface area contributed by atoms with Crippen molar-refractivity contribution in [2.24, 2.45) is 5.92 Å². The van der Waals surface area contributed by atoms with Gasteiger partial charge in [-0.2, -0.15) is 4.31 Å². The zero-order valence-electron chi connectivity index (χ0n) is 15.0. The molecule has 2 fully saturated rings. The van der Waals surface area contributed by atoms with Crippen LogP contribution in [0.15, 0.2) is 29.2 Å². The molecule has 0 aliphatic carbocycles. The van der Waals surface area contributed by atoms with Gasteiger partial charge in [0, 0.05) is 44.8 Å². The van der Waals surface area contributed by atoms with Crippen LogP contribution in [0.3, 0.4) is 0 Å². The lowest BCUT2D eigenvalue weighted by Gasteiger charge is -2.32. The number of rotatable bonds is 4. The predicted octanol–water partition coefficient (Wildman–Crippen LogP) is 1.02. The SMILES string of the molecule is CC1CCCN(S(=O)(=O)c2ccc(C(=O)N3CCN(C=O)CC3)cc2)C1. The van der Waals surface area contributed by atoms with Crippen LogP contribution in [-0.2, 0) is 14.8 Å². The van der Waals surface area contributed by atoms with Gasteiger partial charge in [-0.3, -0.25) is 9.59 Å². The molecule has 2 saturated heterocycles. The van der Waals surface area contributed by atoms with E-state index in [1.54, 1.807) is 21.9 Å². The fourth-order valence-electron chi connectivity index (χ4n) is 3.50. The molecule has 0 saturated carbocycles. The fraction of sp³-hybridized carbons (Fsp3) is 0.556. The summed E-state index contributed by atoms with van der Waals surface area (Å²) in [5.41, 5.74) is 0.468. The van der Waals surface area contributed by atoms with E-state index in [4.69, 9.17) is 0 Å². The molecule has 142 valence electrons. The van der Waals surface area contributed by atoms with Gasteiger partial charge in [-0.1, -0.05) is 6.92 Å². The maximum absolute atomic E-state index is 12.8. The van der Waals surface area contributed by atoms with Crippen LogP contribution in [0.4, 0.5) is 0 Å². The van der Waals surface area contributed by atoms with E-state index in [0.717, 1.165) is 19.3 Å². The number of amides is 2. The Morgan fingerprint density at radius 2 is 1.73 bits per heavy atom. The molecule has 0 radical (unpaired) electrons. The smallest absolute Gasteiger partial charge is 0.253 e. The van der Waals surface area contributed by atoms with E-state index in [9.17, 15) is 18.0 Å². The second-order valence-corrected chi connectivity index (χ2v) is 9.01. The first-order chi connectivity index (χ1) is 12.4. The zero-order chi connectivity index (χ0) is 18.7. The number of carbonyl (C=O) groups excluding carboxylic acids is 2. The first kappa shape index (κ1) is 18.8. The Hall–Kier alpha value is -1.93. The number of hydrogen-bond donors (Lipinski definition) is 0. The summed E-state index contributed by atoms with van der Waals surface area (Å²) in [7, 11) is -3.51. The third-order valence-corrected chi connectivity index (χ3v) is 6.99. The first-order valence-electron chi connectivity index (χ1n) is 9.00.